The summed E-state index contributed by atoms with van der Waals surface area (Å²) in [6, 6.07) is 0. The van der Waals surface area contributed by atoms with E-state index in [1.54, 1.807) is 23.3 Å². The fraction of sp³-hybridized carbons (Fsp3) is 0.538. The maximum Gasteiger partial charge on any atom is 0.243 e. The Bertz CT molecular complexity index is 594. The topological polar surface area (TPSA) is 97.8 Å². The van der Waals surface area contributed by atoms with Crippen LogP contribution in [0.2, 0.25) is 0 Å². The molecule has 3 heterocycles. The van der Waals surface area contributed by atoms with Gasteiger partial charge in [-0.3, -0.25) is 9.99 Å². The highest BCUT2D eigenvalue weighted by Crippen LogP contribution is 2.26. The molecule has 1 saturated heterocycles. The normalized spacial score (nSPS) is 18.5. The summed E-state index contributed by atoms with van der Waals surface area (Å²) in [6.07, 6.45) is 6.29. The molecular weight excluding hydrogens is 268 g/mol. The monoisotopic (exact) mass is 288 g/mol. The van der Waals surface area contributed by atoms with Crippen molar-refractivity contribution in [1.29, 1.82) is 0 Å². The van der Waals surface area contributed by atoms with Crippen molar-refractivity contribution >= 4 is 11.9 Å². The third-order valence-corrected chi connectivity index (χ3v) is 3.93. The van der Waals surface area contributed by atoms with E-state index >= 15 is 0 Å². The van der Waals surface area contributed by atoms with Gasteiger partial charge in [-0.2, -0.15) is 15.0 Å². The van der Waals surface area contributed by atoms with Crippen LogP contribution in [0.1, 0.15) is 20.3 Å². The number of imidazole rings is 1. The van der Waals surface area contributed by atoms with E-state index in [1.165, 1.54) is 0 Å². The van der Waals surface area contributed by atoms with Crippen LogP contribution in [0.3, 0.4) is 0 Å². The number of hydrogen-bond acceptors (Lipinski definition) is 7. The summed E-state index contributed by atoms with van der Waals surface area (Å²) in [4.78, 5) is 19.4. The lowest BCUT2D eigenvalue weighted by Gasteiger charge is -2.18. The quantitative estimate of drug-likeness (QED) is 0.635. The van der Waals surface area contributed by atoms with E-state index in [2.05, 4.69) is 44.1 Å². The number of hydrogen-bond donors (Lipinski definition) is 2. The molecule has 1 unspecified atom stereocenters. The van der Waals surface area contributed by atoms with E-state index in [9.17, 15) is 0 Å². The van der Waals surface area contributed by atoms with Crippen LogP contribution in [0.4, 0.5) is 11.9 Å². The first-order valence-electron chi connectivity index (χ1n) is 7.13. The molecule has 0 aromatic carbocycles. The van der Waals surface area contributed by atoms with Gasteiger partial charge in [0.1, 0.15) is 6.33 Å². The number of aromatic nitrogens is 5. The van der Waals surface area contributed by atoms with Gasteiger partial charge in [0.25, 0.3) is 0 Å². The highest BCUT2D eigenvalue weighted by atomic mass is 15.4. The second kappa shape index (κ2) is 5.65. The average molecular weight is 288 g/mol. The molecule has 3 N–H and O–H groups in total. The van der Waals surface area contributed by atoms with Crippen molar-refractivity contribution in [2.75, 3.05) is 23.4 Å². The number of nitrogens with zero attached hydrogens (tertiary/aromatic N) is 6. The standard InChI is InChI=1S/C13H20N8/c1-9(2)10-3-5-20(7-10)12-16-11(19-14)17-13(18-12)21-6-4-15-8-21/h4,6,8-10H,3,5,7,14H2,1-2H3,(H,16,17,18,19). The summed E-state index contributed by atoms with van der Waals surface area (Å²) < 4.78 is 1.74. The molecule has 0 bridgehead atoms. The molecule has 1 aliphatic rings. The van der Waals surface area contributed by atoms with E-state index in [-0.39, 0.29) is 0 Å². The minimum atomic E-state index is 0.358. The number of nitrogen functional groups attached to an aromatic ring is 1. The van der Waals surface area contributed by atoms with Crippen molar-refractivity contribution in [2.24, 2.45) is 17.7 Å². The smallest absolute Gasteiger partial charge is 0.243 e. The van der Waals surface area contributed by atoms with Crippen molar-refractivity contribution in [3.63, 3.8) is 0 Å². The van der Waals surface area contributed by atoms with Gasteiger partial charge in [-0.25, -0.2) is 10.8 Å². The van der Waals surface area contributed by atoms with Crippen LogP contribution >= 0.6 is 0 Å². The highest BCUT2D eigenvalue weighted by molar-refractivity contribution is 5.40. The fourth-order valence-corrected chi connectivity index (χ4v) is 2.57. The molecule has 112 valence electrons. The molecule has 0 spiro atoms. The second-order valence-electron chi connectivity index (χ2n) is 5.61. The molecule has 2 aromatic heterocycles. The number of nitrogens with two attached hydrogens (primary N) is 1. The molecule has 1 fully saturated rings. The summed E-state index contributed by atoms with van der Waals surface area (Å²) in [5.74, 6) is 8.33. The molecule has 1 atom stereocenters. The van der Waals surface area contributed by atoms with Gasteiger partial charge in [0.2, 0.25) is 17.8 Å². The molecule has 1 aliphatic heterocycles. The average Bonchev–Trinajstić information content (AvgIpc) is 3.18. The largest absolute Gasteiger partial charge is 0.340 e. The second-order valence-corrected chi connectivity index (χ2v) is 5.61. The summed E-state index contributed by atoms with van der Waals surface area (Å²) in [7, 11) is 0. The molecular formula is C13H20N8. The molecule has 0 amide bonds. The summed E-state index contributed by atoms with van der Waals surface area (Å²) in [6.45, 7) is 6.44. The molecule has 8 heteroatoms. The van der Waals surface area contributed by atoms with E-state index in [1.807, 2.05) is 0 Å². The summed E-state index contributed by atoms with van der Waals surface area (Å²) in [5.41, 5.74) is 2.50. The van der Waals surface area contributed by atoms with Gasteiger partial charge in [-0.1, -0.05) is 13.8 Å². The molecule has 0 aliphatic carbocycles. The van der Waals surface area contributed by atoms with Crippen LogP contribution < -0.4 is 16.2 Å². The lowest BCUT2D eigenvalue weighted by molar-refractivity contribution is 0.422. The first-order chi connectivity index (χ1) is 10.2. The van der Waals surface area contributed by atoms with Gasteiger partial charge in [0, 0.05) is 25.5 Å². The molecule has 2 aromatic rings. The van der Waals surface area contributed by atoms with Crippen LogP contribution in [-0.4, -0.2) is 37.6 Å². The Labute approximate surface area is 123 Å². The van der Waals surface area contributed by atoms with Crippen LogP contribution in [0.5, 0.6) is 0 Å². The Balaban J connectivity index is 1.90. The van der Waals surface area contributed by atoms with Gasteiger partial charge < -0.3 is 4.90 Å². The van der Waals surface area contributed by atoms with Gasteiger partial charge in [-0.15, -0.1) is 0 Å². The van der Waals surface area contributed by atoms with E-state index in [0.29, 0.717) is 29.7 Å². The summed E-state index contributed by atoms with van der Waals surface area (Å²) in [5, 5.41) is 0. The van der Waals surface area contributed by atoms with Crippen LogP contribution in [0.15, 0.2) is 18.7 Å². The zero-order valence-electron chi connectivity index (χ0n) is 12.3. The van der Waals surface area contributed by atoms with Crippen molar-refractivity contribution in [2.45, 2.75) is 20.3 Å². The Kier molecular flexibility index (Phi) is 3.70. The van der Waals surface area contributed by atoms with Crippen molar-refractivity contribution < 1.29 is 0 Å². The molecule has 0 saturated carbocycles. The maximum atomic E-state index is 5.47. The van der Waals surface area contributed by atoms with Crippen LogP contribution in [0, 0.1) is 11.8 Å². The molecule has 21 heavy (non-hydrogen) atoms. The Morgan fingerprint density at radius 3 is 2.71 bits per heavy atom. The minimum Gasteiger partial charge on any atom is -0.340 e. The Morgan fingerprint density at radius 1 is 1.29 bits per heavy atom. The first-order valence-corrected chi connectivity index (χ1v) is 7.13. The maximum absolute atomic E-state index is 5.47. The number of nitrogens with one attached hydrogen (secondary N) is 1. The lowest BCUT2D eigenvalue weighted by Crippen LogP contribution is -2.25. The zero-order valence-corrected chi connectivity index (χ0v) is 12.3. The van der Waals surface area contributed by atoms with E-state index in [4.69, 9.17) is 5.84 Å². The van der Waals surface area contributed by atoms with Gasteiger partial charge >= 0.3 is 0 Å². The highest BCUT2D eigenvalue weighted by Gasteiger charge is 2.27. The predicted octanol–water partition coefficient (Wildman–Crippen LogP) is 0.825. The molecule has 0 radical (unpaired) electrons. The zero-order chi connectivity index (χ0) is 14.8. The number of rotatable bonds is 4. The predicted molar refractivity (Wildman–Crippen MR) is 79.9 cm³/mol. The molecule has 8 nitrogen and oxygen atoms in total. The van der Waals surface area contributed by atoms with Crippen molar-refractivity contribution in [3.8, 4) is 5.95 Å². The summed E-state index contributed by atoms with van der Waals surface area (Å²) >= 11 is 0. The SMILES string of the molecule is CC(C)C1CCN(c2nc(NN)nc(-n3ccnc3)n2)C1. The van der Waals surface area contributed by atoms with Gasteiger partial charge in [0.15, 0.2) is 0 Å². The van der Waals surface area contributed by atoms with Crippen molar-refractivity contribution in [3.05, 3.63) is 18.7 Å². The first kappa shape index (κ1) is 13.7. The fourth-order valence-electron chi connectivity index (χ4n) is 2.57. The van der Waals surface area contributed by atoms with E-state index < -0.39 is 0 Å². The Morgan fingerprint density at radius 2 is 2.10 bits per heavy atom. The van der Waals surface area contributed by atoms with Gasteiger partial charge in [-0.05, 0) is 18.3 Å². The third-order valence-electron chi connectivity index (χ3n) is 3.93. The number of hydrazine groups is 1. The lowest BCUT2D eigenvalue weighted by atomic mass is 9.95. The van der Waals surface area contributed by atoms with Crippen LogP contribution in [0.25, 0.3) is 5.95 Å². The minimum absolute atomic E-state index is 0.358. The van der Waals surface area contributed by atoms with E-state index in [0.717, 1.165) is 19.5 Å². The van der Waals surface area contributed by atoms with Crippen molar-refractivity contribution in [1.82, 2.24) is 24.5 Å². The Hall–Kier alpha value is -2.22. The van der Waals surface area contributed by atoms with Gasteiger partial charge in [0.05, 0.1) is 0 Å². The van der Waals surface area contributed by atoms with Crippen LogP contribution in [-0.2, 0) is 0 Å². The third kappa shape index (κ3) is 2.80. The molecule has 3 rings (SSSR count). The number of anilines is 2.